The van der Waals surface area contributed by atoms with E-state index < -0.39 is 0 Å². The second-order valence-corrected chi connectivity index (χ2v) is 2.46. The maximum absolute atomic E-state index is 4.19. The first-order chi connectivity index (χ1) is 4.47. The van der Waals surface area contributed by atoms with Gasteiger partial charge in [-0.25, -0.2) is 0 Å². The molecule has 0 atom stereocenters. The second kappa shape index (κ2) is 3.23. The van der Waals surface area contributed by atoms with Gasteiger partial charge in [0.15, 0.2) is 0 Å². The van der Waals surface area contributed by atoms with Crippen LogP contribution in [0.4, 0.5) is 0 Å². The summed E-state index contributed by atoms with van der Waals surface area (Å²) in [5, 5.41) is 0. The normalized spacial score (nSPS) is 16.0. The Morgan fingerprint density at radius 2 is 2.30 bits per heavy atom. The largest absolute Gasteiger partial charge is 0.260 e. The van der Waals surface area contributed by atoms with Gasteiger partial charge >= 0.3 is 18.9 Å². The number of pyridine rings is 1. The number of hydrogen-bond donors (Lipinski definition) is 0. The minimum Gasteiger partial charge on any atom is -0.260 e. The summed E-state index contributed by atoms with van der Waals surface area (Å²) in [5.74, 6) is 0.777. The minimum atomic E-state index is 0. The van der Waals surface area contributed by atoms with Crippen LogP contribution in [0, 0.1) is 6.07 Å². The van der Waals surface area contributed by atoms with Crippen LogP contribution in [0.25, 0.3) is 0 Å². The third-order valence-electron chi connectivity index (χ3n) is 1.63. The van der Waals surface area contributed by atoms with Crippen LogP contribution in [0.3, 0.4) is 0 Å². The van der Waals surface area contributed by atoms with Crippen molar-refractivity contribution in [2.45, 2.75) is 18.8 Å². The summed E-state index contributed by atoms with van der Waals surface area (Å²) in [6.07, 6.45) is 4.40. The van der Waals surface area contributed by atoms with Gasteiger partial charge in [0.25, 0.3) is 0 Å². The molecule has 1 aromatic rings. The van der Waals surface area contributed by atoms with Crippen LogP contribution in [-0.4, -0.2) is 23.8 Å². The van der Waals surface area contributed by atoms with E-state index >= 15 is 0 Å². The summed E-state index contributed by atoms with van der Waals surface area (Å²) in [7, 11) is 0. The molecule has 1 saturated carbocycles. The molecule has 0 N–H and O–H groups in total. The van der Waals surface area contributed by atoms with E-state index in [2.05, 4.69) is 17.1 Å². The molecule has 1 aromatic heterocycles. The van der Waals surface area contributed by atoms with Crippen molar-refractivity contribution in [1.29, 1.82) is 0 Å². The Morgan fingerprint density at radius 1 is 1.50 bits per heavy atom. The van der Waals surface area contributed by atoms with Crippen molar-refractivity contribution >= 4 is 18.9 Å². The molecule has 0 aromatic carbocycles. The van der Waals surface area contributed by atoms with Crippen LogP contribution < -0.4 is 0 Å². The third kappa shape index (κ3) is 1.62. The van der Waals surface area contributed by atoms with E-state index in [1.807, 2.05) is 6.07 Å². The fourth-order valence-corrected chi connectivity index (χ4v) is 0.952. The van der Waals surface area contributed by atoms with E-state index in [0.29, 0.717) is 0 Å². The first-order valence-electron chi connectivity index (χ1n) is 3.29. The van der Waals surface area contributed by atoms with E-state index in [-0.39, 0.29) is 18.9 Å². The molecule has 0 bridgehead atoms. The van der Waals surface area contributed by atoms with Gasteiger partial charge in [0.2, 0.25) is 0 Å². The molecule has 1 radical (unpaired) electrons. The van der Waals surface area contributed by atoms with Crippen LogP contribution in [-0.2, 0) is 0 Å². The Kier molecular flexibility index (Phi) is 2.54. The smallest absolute Gasteiger partial charge is 0.0434 e. The molecule has 1 fully saturated rings. The topological polar surface area (TPSA) is 12.9 Å². The van der Waals surface area contributed by atoms with Crippen LogP contribution in [0.1, 0.15) is 24.5 Å². The zero-order valence-electron chi connectivity index (χ0n) is 5.17. The van der Waals surface area contributed by atoms with Gasteiger partial charge in [-0.15, -0.1) is 0 Å². The van der Waals surface area contributed by atoms with E-state index in [1.54, 1.807) is 6.20 Å². The molecule has 1 nitrogen and oxygen atoms in total. The molecule has 1 heterocycles. The zero-order chi connectivity index (χ0) is 6.10. The molecule has 1 aliphatic rings. The Bertz CT molecular complexity index is 194. The predicted molar refractivity (Wildman–Crippen MR) is 42.2 cm³/mol. The van der Waals surface area contributed by atoms with Gasteiger partial charge in [-0.1, -0.05) is 6.07 Å². The quantitative estimate of drug-likeness (QED) is 0.513. The van der Waals surface area contributed by atoms with Crippen LogP contribution >= 0.6 is 0 Å². The average Bonchev–Trinajstić information content (AvgIpc) is 2.71. The van der Waals surface area contributed by atoms with Crippen molar-refractivity contribution in [3.05, 3.63) is 30.1 Å². The summed E-state index contributed by atoms with van der Waals surface area (Å²) in [4.78, 5) is 4.19. The van der Waals surface area contributed by atoms with Gasteiger partial charge in [-0.05, 0) is 18.9 Å². The number of hydrogen-bond acceptors (Lipinski definition) is 1. The standard InChI is InChI=1S/C8H8N.Li.H/c1-2-6-9-8(3-1)7-4-5-7;;/h1,3,6-7H,4-5H2;;. The first kappa shape index (κ1) is 7.85. The van der Waals surface area contributed by atoms with E-state index in [0.717, 1.165) is 5.92 Å². The van der Waals surface area contributed by atoms with Gasteiger partial charge in [0.05, 0.1) is 0 Å². The Hall–Kier alpha value is -0.253. The monoisotopic (exact) mass is 126 g/mol. The first-order valence-corrected chi connectivity index (χ1v) is 3.29. The van der Waals surface area contributed by atoms with Crippen LogP contribution in [0.15, 0.2) is 18.3 Å². The number of rotatable bonds is 1. The molecular formula is C8H9LiN. The molecule has 0 spiro atoms. The van der Waals surface area contributed by atoms with E-state index in [9.17, 15) is 0 Å². The third-order valence-corrected chi connectivity index (χ3v) is 1.63. The van der Waals surface area contributed by atoms with Crippen molar-refractivity contribution in [3.8, 4) is 0 Å². The van der Waals surface area contributed by atoms with Crippen LogP contribution in [0.5, 0.6) is 0 Å². The van der Waals surface area contributed by atoms with Gasteiger partial charge in [0.1, 0.15) is 0 Å². The average molecular weight is 126 g/mol. The van der Waals surface area contributed by atoms with E-state index in [4.69, 9.17) is 0 Å². The minimum absolute atomic E-state index is 0. The van der Waals surface area contributed by atoms with Crippen LogP contribution in [0.2, 0.25) is 0 Å². The molecule has 0 unspecified atom stereocenters. The molecule has 0 saturated heterocycles. The van der Waals surface area contributed by atoms with Crippen molar-refractivity contribution in [1.82, 2.24) is 4.98 Å². The van der Waals surface area contributed by atoms with Gasteiger partial charge in [0, 0.05) is 23.9 Å². The molecule has 47 valence electrons. The van der Waals surface area contributed by atoms with Crippen molar-refractivity contribution in [2.24, 2.45) is 0 Å². The summed E-state index contributed by atoms with van der Waals surface area (Å²) in [6, 6.07) is 6.89. The summed E-state index contributed by atoms with van der Waals surface area (Å²) in [5.41, 5.74) is 1.24. The number of nitrogens with zero attached hydrogens (tertiary/aromatic N) is 1. The molecule has 2 rings (SSSR count). The summed E-state index contributed by atoms with van der Waals surface area (Å²) >= 11 is 0. The van der Waals surface area contributed by atoms with Crippen molar-refractivity contribution in [2.75, 3.05) is 0 Å². The van der Waals surface area contributed by atoms with Crippen molar-refractivity contribution < 1.29 is 0 Å². The molecule has 0 aliphatic heterocycles. The maximum Gasteiger partial charge on any atom is 0.0434 e. The predicted octanol–water partition coefficient (Wildman–Crippen LogP) is 1.11. The molecular weight excluding hydrogens is 117 g/mol. The fourth-order valence-electron chi connectivity index (χ4n) is 0.952. The molecule has 1 aliphatic carbocycles. The molecule has 10 heavy (non-hydrogen) atoms. The van der Waals surface area contributed by atoms with Gasteiger partial charge < -0.3 is 0 Å². The zero-order valence-corrected chi connectivity index (χ0v) is 5.17. The Morgan fingerprint density at radius 3 is 2.80 bits per heavy atom. The fraction of sp³-hybridized carbons (Fsp3) is 0.375. The maximum atomic E-state index is 4.19. The second-order valence-electron chi connectivity index (χ2n) is 2.46. The van der Waals surface area contributed by atoms with Crippen molar-refractivity contribution in [3.63, 3.8) is 0 Å². The Balaban J connectivity index is 0.000000500. The summed E-state index contributed by atoms with van der Waals surface area (Å²) < 4.78 is 0. The SMILES string of the molecule is [LiH].[c]1ccc(C2CC2)nc1. The molecule has 0 amide bonds. The van der Waals surface area contributed by atoms with Gasteiger partial charge in [-0.2, -0.15) is 0 Å². The summed E-state index contributed by atoms with van der Waals surface area (Å²) in [6.45, 7) is 0. The number of aromatic nitrogens is 1. The molecule has 2 heteroatoms. The van der Waals surface area contributed by atoms with Gasteiger partial charge in [-0.3, -0.25) is 4.98 Å². The van der Waals surface area contributed by atoms with E-state index in [1.165, 1.54) is 18.5 Å². The Labute approximate surface area is 73.0 Å².